The van der Waals surface area contributed by atoms with Crippen LogP contribution in [-0.2, 0) is 0 Å². The summed E-state index contributed by atoms with van der Waals surface area (Å²) >= 11 is 0.525. The number of nitrogens with one attached hydrogen (secondary N) is 1. The lowest BCUT2D eigenvalue weighted by atomic mass is 10.1. The number of hydrogen-bond acceptors (Lipinski definition) is 6. The highest BCUT2D eigenvalue weighted by Crippen LogP contribution is 2.40. The smallest absolute Gasteiger partial charge is 0.365 e. The fourth-order valence-electron chi connectivity index (χ4n) is 3.35. The van der Waals surface area contributed by atoms with Crippen molar-refractivity contribution in [3.63, 3.8) is 0 Å². The molecule has 0 saturated carbocycles. The van der Waals surface area contributed by atoms with Crippen LogP contribution in [0.25, 0.3) is 10.4 Å². The quantitative estimate of drug-likeness (QED) is 0.590. The van der Waals surface area contributed by atoms with Crippen LogP contribution in [0, 0.1) is 0 Å². The van der Waals surface area contributed by atoms with E-state index in [1.54, 1.807) is 0 Å². The fourth-order valence-corrected chi connectivity index (χ4v) is 4.28. The molecule has 3 rings (SSSR count). The molecule has 31 heavy (non-hydrogen) atoms. The maximum atomic E-state index is 13.8. The van der Waals surface area contributed by atoms with Gasteiger partial charge in [-0.15, -0.1) is 11.3 Å². The van der Waals surface area contributed by atoms with Crippen LogP contribution < -0.4 is 5.32 Å². The van der Waals surface area contributed by atoms with Crippen molar-refractivity contribution in [2.75, 3.05) is 18.4 Å². The van der Waals surface area contributed by atoms with Crippen LogP contribution in [0.3, 0.4) is 0 Å². The van der Waals surface area contributed by atoms with Crippen LogP contribution in [-0.4, -0.2) is 56.9 Å². The standard InChI is InChI=1S/C19H20F4N4O3S/c1-3-4-24-12-5-10(15(20)21)11(7-25-12)14-13(26-16(31-14)18(29)30)17(28)27-8-19(22,23)6-9(27)2/h5,7,9,15H,3-4,6,8H2,1-2H3,(H,24,25)(H,29,30). The van der Waals surface area contributed by atoms with Gasteiger partial charge in [0, 0.05) is 36.3 Å². The molecule has 0 bridgehead atoms. The second-order valence-corrected chi connectivity index (χ2v) is 8.23. The number of aromatic nitrogens is 2. The number of rotatable bonds is 7. The zero-order valence-corrected chi connectivity index (χ0v) is 17.5. The summed E-state index contributed by atoms with van der Waals surface area (Å²) in [6.07, 6.45) is -1.65. The number of thiazole rings is 1. The predicted molar refractivity (Wildman–Crippen MR) is 106 cm³/mol. The number of aromatic carboxylic acids is 1. The zero-order valence-electron chi connectivity index (χ0n) is 16.7. The Labute approximate surface area is 179 Å². The van der Waals surface area contributed by atoms with E-state index in [4.69, 9.17) is 0 Å². The first-order valence-electron chi connectivity index (χ1n) is 9.49. The molecule has 1 atom stereocenters. The summed E-state index contributed by atoms with van der Waals surface area (Å²) in [5.41, 5.74) is -1.09. The average molecular weight is 460 g/mol. The molecule has 1 aliphatic rings. The molecular weight excluding hydrogens is 440 g/mol. The summed E-state index contributed by atoms with van der Waals surface area (Å²) in [7, 11) is 0. The minimum Gasteiger partial charge on any atom is -0.476 e. The molecule has 1 saturated heterocycles. The number of carboxylic acid groups (broad SMARTS) is 1. The second kappa shape index (κ2) is 8.77. The predicted octanol–water partition coefficient (Wildman–Crippen LogP) is 4.53. The number of carbonyl (C=O) groups is 2. The Balaban J connectivity index is 2.09. The summed E-state index contributed by atoms with van der Waals surface area (Å²) in [6, 6.07) is 0.301. The van der Waals surface area contributed by atoms with Gasteiger partial charge in [0.1, 0.15) is 11.5 Å². The first-order chi connectivity index (χ1) is 14.5. The third-order valence-corrected chi connectivity index (χ3v) is 5.85. The van der Waals surface area contributed by atoms with Crippen LogP contribution in [0.15, 0.2) is 12.3 Å². The summed E-state index contributed by atoms with van der Waals surface area (Å²) in [4.78, 5) is 33.0. The number of anilines is 1. The lowest BCUT2D eigenvalue weighted by Crippen LogP contribution is -2.35. The molecule has 1 fully saturated rings. The second-order valence-electron chi connectivity index (χ2n) is 7.23. The van der Waals surface area contributed by atoms with Crippen LogP contribution >= 0.6 is 11.3 Å². The van der Waals surface area contributed by atoms with Gasteiger partial charge in [-0.2, -0.15) is 0 Å². The zero-order chi connectivity index (χ0) is 22.9. The van der Waals surface area contributed by atoms with Gasteiger partial charge in [-0.1, -0.05) is 6.92 Å². The van der Waals surface area contributed by atoms with Crippen molar-refractivity contribution >= 4 is 29.0 Å². The van der Waals surface area contributed by atoms with Crippen LogP contribution in [0.4, 0.5) is 23.4 Å². The largest absolute Gasteiger partial charge is 0.476 e. The van der Waals surface area contributed by atoms with Crippen molar-refractivity contribution < 1.29 is 32.3 Å². The monoisotopic (exact) mass is 460 g/mol. The number of alkyl halides is 4. The lowest BCUT2D eigenvalue weighted by molar-refractivity contribution is 0.0117. The highest BCUT2D eigenvalue weighted by molar-refractivity contribution is 7.17. The van der Waals surface area contributed by atoms with Crippen molar-refractivity contribution in [3.8, 4) is 10.4 Å². The molecular formula is C19H20F4N4O3S. The third kappa shape index (κ3) is 4.78. The molecule has 0 aliphatic carbocycles. The maximum Gasteiger partial charge on any atom is 0.365 e. The van der Waals surface area contributed by atoms with E-state index < -0.39 is 59.5 Å². The van der Waals surface area contributed by atoms with E-state index >= 15 is 0 Å². The average Bonchev–Trinajstić information content (AvgIpc) is 3.26. The molecule has 1 unspecified atom stereocenters. The molecule has 2 N–H and O–H groups in total. The van der Waals surface area contributed by atoms with Crippen molar-refractivity contribution in [2.45, 2.75) is 45.1 Å². The Kier molecular flexibility index (Phi) is 6.48. The summed E-state index contributed by atoms with van der Waals surface area (Å²) < 4.78 is 55.1. The van der Waals surface area contributed by atoms with E-state index in [2.05, 4.69) is 15.3 Å². The Hall–Kier alpha value is -2.76. The molecule has 0 aromatic carbocycles. The van der Waals surface area contributed by atoms with Crippen LogP contribution in [0.1, 0.15) is 59.0 Å². The van der Waals surface area contributed by atoms with Gasteiger partial charge < -0.3 is 15.3 Å². The van der Waals surface area contributed by atoms with E-state index in [0.717, 1.165) is 23.6 Å². The van der Waals surface area contributed by atoms with Gasteiger partial charge in [-0.3, -0.25) is 4.79 Å². The molecule has 168 valence electrons. The summed E-state index contributed by atoms with van der Waals surface area (Å²) in [6.45, 7) is 2.97. The van der Waals surface area contributed by atoms with Gasteiger partial charge in [0.25, 0.3) is 18.3 Å². The minimum atomic E-state index is -3.09. The first kappa shape index (κ1) is 22.9. The van der Waals surface area contributed by atoms with Gasteiger partial charge in [-0.25, -0.2) is 32.3 Å². The molecule has 2 aromatic rings. The highest BCUT2D eigenvalue weighted by atomic mass is 32.1. The van der Waals surface area contributed by atoms with Crippen molar-refractivity contribution in [1.29, 1.82) is 0 Å². The van der Waals surface area contributed by atoms with Crippen molar-refractivity contribution in [1.82, 2.24) is 14.9 Å². The first-order valence-corrected chi connectivity index (χ1v) is 10.3. The topological polar surface area (TPSA) is 95.4 Å². The number of carboxylic acids is 1. The van der Waals surface area contributed by atoms with Crippen molar-refractivity contribution in [3.05, 3.63) is 28.5 Å². The molecule has 1 aliphatic heterocycles. The number of halogens is 4. The van der Waals surface area contributed by atoms with Gasteiger partial charge in [0.05, 0.1) is 11.4 Å². The molecule has 7 nitrogen and oxygen atoms in total. The summed E-state index contributed by atoms with van der Waals surface area (Å²) in [5.74, 6) is -5.29. The Morgan fingerprint density at radius 3 is 2.68 bits per heavy atom. The van der Waals surface area contributed by atoms with Crippen molar-refractivity contribution in [2.24, 2.45) is 0 Å². The Morgan fingerprint density at radius 2 is 2.13 bits per heavy atom. The number of pyridine rings is 1. The number of likely N-dealkylation sites (tertiary alicyclic amines) is 1. The third-order valence-electron chi connectivity index (χ3n) is 4.77. The molecule has 0 radical (unpaired) electrons. The molecule has 1 amide bonds. The highest BCUT2D eigenvalue weighted by Gasteiger charge is 2.46. The van der Waals surface area contributed by atoms with E-state index in [-0.39, 0.29) is 16.3 Å². The molecule has 12 heteroatoms. The van der Waals surface area contributed by atoms with E-state index in [1.807, 2.05) is 6.92 Å². The van der Waals surface area contributed by atoms with Gasteiger partial charge in [-0.05, 0) is 19.4 Å². The van der Waals surface area contributed by atoms with E-state index in [9.17, 15) is 32.3 Å². The Morgan fingerprint density at radius 1 is 1.42 bits per heavy atom. The minimum absolute atomic E-state index is 0.144. The van der Waals surface area contributed by atoms with Gasteiger partial charge in [0.15, 0.2) is 0 Å². The molecule has 3 heterocycles. The van der Waals surface area contributed by atoms with E-state index in [0.29, 0.717) is 17.9 Å². The number of carbonyl (C=O) groups excluding carboxylic acids is 1. The SMILES string of the molecule is CCCNc1cc(C(F)F)c(-c2sc(C(=O)O)nc2C(=O)N2CC(F)(F)CC2C)cn1. The molecule has 0 spiro atoms. The van der Waals surface area contributed by atoms with Gasteiger partial charge in [0.2, 0.25) is 5.01 Å². The van der Waals surface area contributed by atoms with Gasteiger partial charge >= 0.3 is 5.97 Å². The normalized spacial score (nSPS) is 17.9. The van der Waals surface area contributed by atoms with E-state index in [1.165, 1.54) is 6.92 Å². The fraction of sp³-hybridized carbons (Fsp3) is 0.474. The van der Waals surface area contributed by atoms with Crippen LogP contribution in [0.2, 0.25) is 0 Å². The van der Waals surface area contributed by atoms with Crippen LogP contribution in [0.5, 0.6) is 0 Å². The number of amides is 1. The number of nitrogens with zero attached hydrogens (tertiary/aromatic N) is 3. The maximum absolute atomic E-state index is 13.8. The lowest BCUT2D eigenvalue weighted by Gasteiger charge is -2.20. The molecule has 2 aromatic heterocycles. The Bertz CT molecular complexity index is 999. The number of hydrogen-bond donors (Lipinski definition) is 2. The summed E-state index contributed by atoms with van der Waals surface area (Å²) in [5, 5.41) is 11.7.